The molecule has 1 aliphatic carbocycles. The van der Waals surface area contributed by atoms with Gasteiger partial charge in [-0.15, -0.1) is 0 Å². The Morgan fingerprint density at radius 2 is 1.82 bits per heavy atom. The molecule has 0 radical (unpaired) electrons. The molecule has 0 heterocycles. The molecule has 2 N–H and O–H groups in total. The topological polar surface area (TPSA) is 111 Å². The van der Waals surface area contributed by atoms with Crippen molar-refractivity contribution in [1.29, 1.82) is 0 Å². The summed E-state index contributed by atoms with van der Waals surface area (Å²) in [5.74, 6) is -0.00194. The van der Waals surface area contributed by atoms with Crippen LogP contribution in [0, 0.1) is 16.0 Å². The Balaban J connectivity index is 1.94. The summed E-state index contributed by atoms with van der Waals surface area (Å²) in [5.41, 5.74) is -0.484. The number of carbonyl (C=O) groups is 2. The van der Waals surface area contributed by atoms with E-state index in [4.69, 9.17) is 4.74 Å². The number of nitrogens with zero attached hydrogens (tertiary/aromatic N) is 1. The van der Waals surface area contributed by atoms with E-state index in [2.05, 4.69) is 10.6 Å². The van der Waals surface area contributed by atoms with Crippen LogP contribution in [0.1, 0.15) is 46.1 Å². The number of ether oxygens (including phenoxy) is 1. The average Bonchev–Trinajstić information content (AvgIpc) is 3.43. The van der Waals surface area contributed by atoms with Gasteiger partial charge in [0.2, 0.25) is 5.91 Å². The van der Waals surface area contributed by atoms with Crippen molar-refractivity contribution in [1.82, 2.24) is 10.6 Å². The Bertz CT molecular complexity index is 763. The van der Waals surface area contributed by atoms with Gasteiger partial charge in [0, 0.05) is 24.8 Å². The van der Waals surface area contributed by atoms with Gasteiger partial charge in [-0.1, -0.05) is 0 Å². The average molecular weight is 389 g/mol. The van der Waals surface area contributed by atoms with Gasteiger partial charge in [0.15, 0.2) is 0 Å². The molecule has 1 aromatic carbocycles. The predicted octanol–water partition coefficient (Wildman–Crippen LogP) is 3.42. The fraction of sp³-hybridized carbons (Fsp3) is 0.500. The summed E-state index contributed by atoms with van der Waals surface area (Å²) in [6.45, 7) is 7.54. The monoisotopic (exact) mass is 389 g/mol. The molecule has 2 amide bonds. The number of alkyl carbamates (subject to hydrolysis) is 1. The van der Waals surface area contributed by atoms with Crippen LogP contribution in [0.15, 0.2) is 30.3 Å². The zero-order chi connectivity index (χ0) is 20.9. The van der Waals surface area contributed by atoms with Gasteiger partial charge in [0.1, 0.15) is 5.60 Å². The van der Waals surface area contributed by atoms with E-state index in [1.807, 2.05) is 6.92 Å². The van der Waals surface area contributed by atoms with Crippen LogP contribution in [0.3, 0.4) is 0 Å². The van der Waals surface area contributed by atoms with E-state index in [1.165, 1.54) is 18.2 Å². The number of hydrogen-bond acceptors (Lipinski definition) is 5. The minimum Gasteiger partial charge on any atom is -0.444 e. The molecule has 1 aliphatic rings. The maximum absolute atomic E-state index is 12.4. The zero-order valence-electron chi connectivity index (χ0n) is 16.7. The number of rotatable bonds is 7. The highest BCUT2D eigenvalue weighted by Crippen LogP contribution is 2.39. The smallest absolute Gasteiger partial charge is 0.407 e. The Kier molecular flexibility index (Phi) is 6.43. The molecule has 0 aliphatic heterocycles. The van der Waals surface area contributed by atoms with Crippen molar-refractivity contribution < 1.29 is 19.2 Å². The molecular formula is C20H27N3O5. The number of nitrogens with one attached hydrogen (secondary N) is 2. The van der Waals surface area contributed by atoms with Crippen molar-refractivity contribution in [3.63, 3.8) is 0 Å². The Labute approximate surface area is 164 Å². The summed E-state index contributed by atoms with van der Waals surface area (Å²) in [7, 11) is 0. The molecule has 1 fully saturated rings. The minimum absolute atomic E-state index is 0.00359. The lowest BCUT2D eigenvalue weighted by Gasteiger charge is -2.31. The van der Waals surface area contributed by atoms with Crippen molar-refractivity contribution >= 4 is 23.8 Å². The van der Waals surface area contributed by atoms with Crippen LogP contribution in [-0.4, -0.2) is 34.6 Å². The third-order valence-corrected chi connectivity index (χ3v) is 4.42. The molecule has 1 aromatic rings. The van der Waals surface area contributed by atoms with Crippen molar-refractivity contribution in [3.05, 3.63) is 46.0 Å². The van der Waals surface area contributed by atoms with Crippen LogP contribution < -0.4 is 10.6 Å². The fourth-order valence-corrected chi connectivity index (χ4v) is 2.78. The predicted molar refractivity (Wildman–Crippen MR) is 106 cm³/mol. The van der Waals surface area contributed by atoms with Gasteiger partial charge >= 0.3 is 6.09 Å². The van der Waals surface area contributed by atoms with E-state index in [1.54, 1.807) is 39.0 Å². The zero-order valence-corrected chi connectivity index (χ0v) is 16.7. The van der Waals surface area contributed by atoms with E-state index < -0.39 is 22.2 Å². The Morgan fingerprint density at radius 1 is 1.21 bits per heavy atom. The molecule has 2 rings (SSSR count). The van der Waals surface area contributed by atoms with Gasteiger partial charge in [0.25, 0.3) is 5.69 Å². The molecule has 8 nitrogen and oxygen atoms in total. The second-order valence-electron chi connectivity index (χ2n) is 8.22. The van der Waals surface area contributed by atoms with Gasteiger partial charge in [-0.25, -0.2) is 4.79 Å². The molecule has 1 unspecified atom stereocenters. The molecule has 8 heteroatoms. The van der Waals surface area contributed by atoms with Crippen LogP contribution in [0.5, 0.6) is 0 Å². The van der Waals surface area contributed by atoms with Gasteiger partial charge in [0.05, 0.1) is 10.5 Å². The number of carbonyl (C=O) groups excluding carboxylic acids is 2. The SMILES string of the molecule is CC(C)(C)OC(=O)NCC(C)(NC(=O)/C=C/c1ccc([N+](=O)[O-])cc1)C1CC1. The highest BCUT2D eigenvalue weighted by atomic mass is 16.6. The van der Waals surface area contributed by atoms with E-state index in [0.29, 0.717) is 11.5 Å². The lowest BCUT2D eigenvalue weighted by Crippen LogP contribution is -2.55. The van der Waals surface area contributed by atoms with Crippen molar-refractivity contribution in [3.8, 4) is 0 Å². The van der Waals surface area contributed by atoms with Crippen molar-refractivity contribution in [2.45, 2.75) is 51.7 Å². The largest absolute Gasteiger partial charge is 0.444 e. The van der Waals surface area contributed by atoms with Gasteiger partial charge in [-0.2, -0.15) is 0 Å². The first kappa shape index (κ1) is 21.4. The van der Waals surface area contributed by atoms with Crippen molar-refractivity contribution in [2.24, 2.45) is 5.92 Å². The summed E-state index contributed by atoms with van der Waals surface area (Å²) < 4.78 is 5.25. The lowest BCUT2D eigenvalue weighted by molar-refractivity contribution is -0.384. The minimum atomic E-state index is -0.587. The van der Waals surface area contributed by atoms with Gasteiger partial charge < -0.3 is 15.4 Å². The summed E-state index contributed by atoms with van der Waals surface area (Å²) in [6, 6.07) is 5.92. The second kappa shape index (κ2) is 8.41. The summed E-state index contributed by atoms with van der Waals surface area (Å²) in [4.78, 5) is 34.5. The standard InChI is InChI=1S/C20H27N3O5/c1-19(2,3)28-18(25)21-13-20(4,15-8-9-15)22-17(24)12-7-14-5-10-16(11-6-14)23(26)27/h5-7,10-12,15H,8-9,13H2,1-4H3,(H,21,25)(H,22,24)/b12-7+. The van der Waals surface area contributed by atoms with Crippen LogP contribution in [0.4, 0.5) is 10.5 Å². The summed E-state index contributed by atoms with van der Waals surface area (Å²) in [5, 5.41) is 16.4. The molecular weight excluding hydrogens is 362 g/mol. The number of hydrogen-bond donors (Lipinski definition) is 2. The summed E-state index contributed by atoms with van der Waals surface area (Å²) in [6.07, 6.45) is 4.43. The van der Waals surface area contributed by atoms with Crippen LogP contribution in [0.25, 0.3) is 6.08 Å². The van der Waals surface area contributed by atoms with Crippen LogP contribution in [0.2, 0.25) is 0 Å². The van der Waals surface area contributed by atoms with E-state index in [0.717, 1.165) is 12.8 Å². The molecule has 0 saturated heterocycles. The third kappa shape index (κ3) is 6.68. The number of nitro groups is 1. The second-order valence-corrected chi connectivity index (χ2v) is 8.22. The normalized spacial score (nSPS) is 16.3. The highest BCUT2D eigenvalue weighted by molar-refractivity contribution is 5.92. The number of benzene rings is 1. The number of amides is 2. The first-order valence-corrected chi connectivity index (χ1v) is 9.20. The molecule has 28 heavy (non-hydrogen) atoms. The van der Waals surface area contributed by atoms with Crippen LogP contribution in [-0.2, 0) is 9.53 Å². The number of nitro benzene ring substituents is 1. The fourth-order valence-electron chi connectivity index (χ4n) is 2.78. The van der Waals surface area contributed by atoms with Gasteiger partial charge in [-0.3, -0.25) is 14.9 Å². The number of non-ortho nitro benzene ring substituents is 1. The maximum atomic E-state index is 12.4. The Morgan fingerprint density at radius 3 is 2.32 bits per heavy atom. The maximum Gasteiger partial charge on any atom is 0.407 e. The molecule has 1 saturated carbocycles. The van der Waals surface area contributed by atoms with Crippen molar-refractivity contribution in [2.75, 3.05) is 6.54 Å². The molecule has 0 aromatic heterocycles. The molecule has 0 spiro atoms. The summed E-state index contributed by atoms with van der Waals surface area (Å²) >= 11 is 0. The third-order valence-electron chi connectivity index (χ3n) is 4.42. The molecule has 0 bridgehead atoms. The van der Waals surface area contributed by atoms with Crippen LogP contribution >= 0.6 is 0 Å². The lowest BCUT2D eigenvalue weighted by atomic mass is 9.95. The van der Waals surface area contributed by atoms with Gasteiger partial charge in [-0.05, 0) is 70.2 Å². The quantitative estimate of drug-likeness (QED) is 0.422. The van der Waals surface area contributed by atoms with E-state index >= 15 is 0 Å². The van der Waals surface area contributed by atoms with E-state index in [-0.39, 0.29) is 18.1 Å². The first-order valence-electron chi connectivity index (χ1n) is 9.20. The Hall–Kier alpha value is -2.90. The highest BCUT2D eigenvalue weighted by Gasteiger charge is 2.42. The molecule has 152 valence electrons. The van der Waals surface area contributed by atoms with E-state index in [9.17, 15) is 19.7 Å². The first-order chi connectivity index (χ1) is 13.0. The molecule has 1 atom stereocenters.